The van der Waals surface area contributed by atoms with Crippen LogP contribution in [0.4, 0.5) is 0 Å². The zero-order valence-corrected chi connectivity index (χ0v) is 11.2. The summed E-state index contributed by atoms with van der Waals surface area (Å²) in [4.78, 5) is 6.48. The van der Waals surface area contributed by atoms with Gasteiger partial charge < -0.3 is 4.90 Å². The third kappa shape index (κ3) is 4.66. The van der Waals surface area contributed by atoms with Crippen molar-refractivity contribution in [2.75, 3.05) is 13.6 Å². The van der Waals surface area contributed by atoms with Crippen molar-refractivity contribution in [3.05, 3.63) is 17.7 Å². The summed E-state index contributed by atoms with van der Waals surface area (Å²) in [5.41, 5.74) is 2.16. The molecule has 1 aliphatic rings. The highest BCUT2D eigenvalue weighted by Crippen LogP contribution is 2.11. The largest absolute Gasteiger partial charge is 0.300 e. The maximum atomic E-state index is 4.21. The van der Waals surface area contributed by atoms with Crippen molar-refractivity contribution in [2.24, 2.45) is 0 Å². The number of nitrogens with zero attached hydrogens (tertiary/aromatic N) is 4. The van der Waals surface area contributed by atoms with E-state index in [4.69, 9.17) is 0 Å². The van der Waals surface area contributed by atoms with E-state index in [0.717, 1.165) is 37.3 Å². The quantitative estimate of drug-likeness (QED) is 0.678. The van der Waals surface area contributed by atoms with Gasteiger partial charge in [0.25, 0.3) is 0 Å². The van der Waals surface area contributed by atoms with Crippen LogP contribution in [0.15, 0.2) is 6.33 Å². The maximum Gasteiger partial charge on any atom is 0.138 e. The molecule has 92 valence electrons. The van der Waals surface area contributed by atoms with Gasteiger partial charge >= 0.3 is 0 Å². The molecular weight excluding hydrogens is 200 g/mol. The molecule has 0 saturated carbocycles. The molecule has 1 aromatic rings. The minimum Gasteiger partial charge on any atom is -0.300 e. The van der Waals surface area contributed by atoms with E-state index >= 15 is 0 Å². The van der Waals surface area contributed by atoms with E-state index in [1.54, 1.807) is 0 Å². The van der Waals surface area contributed by atoms with Gasteiger partial charge in [-0.2, -0.15) is 5.10 Å². The third-order valence-corrected chi connectivity index (χ3v) is 2.15. The molecule has 2 rings (SSSR count). The summed E-state index contributed by atoms with van der Waals surface area (Å²) in [5.74, 6) is 0. The zero-order valence-electron chi connectivity index (χ0n) is 11.2. The first kappa shape index (κ1) is 15.0. The lowest BCUT2D eigenvalue weighted by Crippen LogP contribution is -2.17. The highest BCUT2D eigenvalue weighted by molar-refractivity contribution is 5.09. The zero-order chi connectivity index (χ0) is 12.4. The topological polar surface area (TPSA) is 41.9 Å². The van der Waals surface area contributed by atoms with Crippen molar-refractivity contribution in [3.8, 4) is 0 Å². The van der Waals surface area contributed by atoms with Crippen LogP contribution in [0, 0.1) is 0 Å². The number of hydrogen-bond donors (Lipinski definition) is 0. The lowest BCUT2D eigenvalue weighted by Gasteiger charge is -2.11. The van der Waals surface area contributed by atoms with Crippen LogP contribution in [-0.4, -0.2) is 33.7 Å². The molecule has 4 heteroatoms. The lowest BCUT2D eigenvalue weighted by molar-refractivity contribution is 0.329. The van der Waals surface area contributed by atoms with Crippen molar-refractivity contribution in [2.45, 2.75) is 47.1 Å². The van der Waals surface area contributed by atoms with E-state index in [-0.39, 0.29) is 0 Å². The van der Waals surface area contributed by atoms with Gasteiger partial charge in [-0.15, -0.1) is 5.10 Å². The summed E-state index contributed by atoms with van der Waals surface area (Å²) in [6, 6.07) is 0. The maximum absolute atomic E-state index is 4.21. The van der Waals surface area contributed by atoms with Gasteiger partial charge in [-0.25, -0.2) is 4.98 Å². The fourth-order valence-corrected chi connectivity index (χ4v) is 1.50. The Morgan fingerprint density at radius 1 is 1.12 bits per heavy atom. The number of fused-ring (bicyclic) bond motifs is 1. The van der Waals surface area contributed by atoms with Gasteiger partial charge in [-0.3, -0.25) is 0 Å². The van der Waals surface area contributed by atoms with Crippen LogP contribution >= 0.6 is 0 Å². The first-order valence-corrected chi connectivity index (χ1v) is 6.20. The molecule has 0 N–H and O–H groups in total. The molecule has 0 bridgehead atoms. The highest BCUT2D eigenvalue weighted by Gasteiger charge is 2.12. The van der Waals surface area contributed by atoms with Crippen LogP contribution in [0.3, 0.4) is 0 Å². The Labute approximate surface area is 99.1 Å². The average molecular weight is 224 g/mol. The predicted octanol–water partition coefficient (Wildman–Crippen LogP) is 2.30. The first-order valence-electron chi connectivity index (χ1n) is 6.20. The van der Waals surface area contributed by atoms with Gasteiger partial charge in [0.15, 0.2) is 0 Å². The number of aromatic nitrogens is 3. The van der Waals surface area contributed by atoms with Gasteiger partial charge in [-0.05, 0) is 26.4 Å². The highest BCUT2D eigenvalue weighted by atomic mass is 15.2. The van der Waals surface area contributed by atoms with E-state index in [2.05, 4.69) is 27.1 Å². The molecule has 0 spiro atoms. The standard InChI is InChI=1S/C8H12N4.2C2H6/c1-12-4-2-3-7-8(5-12)9-6-10-11-7;2*1-2/h6H,2-5H2,1H3;2*1-2H3. The molecule has 0 aliphatic carbocycles. The lowest BCUT2D eigenvalue weighted by atomic mass is 10.2. The van der Waals surface area contributed by atoms with Crippen molar-refractivity contribution < 1.29 is 0 Å². The van der Waals surface area contributed by atoms with Gasteiger partial charge in [-0.1, -0.05) is 27.7 Å². The van der Waals surface area contributed by atoms with Crippen molar-refractivity contribution in [3.63, 3.8) is 0 Å². The van der Waals surface area contributed by atoms with Crippen LogP contribution in [-0.2, 0) is 13.0 Å². The van der Waals surface area contributed by atoms with Crippen molar-refractivity contribution in [1.82, 2.24) is 20.1 Å². The molecule has 1 aromatic heterocycles. The van der Waals surface area contributed by atoms with Crippen LogP contribution < -0.4 is 0 Å². The summed E-state index contributed by atoms with van der Waals surface area (Å²) in [6.45, 7) is 10.0. The normalized spacial score (nSPS) is 14.6. The van der Waals surface area contributed by atoms with E-state index in [0.29, 0.717) is 0 Å². The molecule has 0 aromatic carbocycles. The van der Waals surface area contributed by atoms with Crippen LogP contribution in [0.2, 0.25) is 0 Å². The second-order valence-electron chi connectivity index (χ2n) is 3.19. The van der Waals surface area contributed by atoms with Gasteiger partial charge in [0.1, 0.15) is 6.33 Å². The second-order valence-corrected chi connectivity index (χ2v) is 3.19. The van der Waals surface area contributed by atoms with E-state index in [9.17, 15) is 0 Å². The predicted molar refractivity (Wildman–Crippen MR) is 67.2 cm³/mol. The Kier molecular flexibility index (Phi) is 8.62. The minimum absolute atomic E-state index is 0.908. The average Bonchev–Trinajstić information content (AvgIpc) is 2.55. The monoisotopic (exact) mass is 224 g/mol. The van der Waals surface area contributed by atoms with Crippen molar-refractivity contribution in [1.29, 1.82) is 0 Å². The molecular formula is C12H24N4. The molecule has 4 nitrogen and oxygen atoms in total. The van der Waals surface area contributed by atoms with Crippen LogP contribution in [0.5, 0.6) is 0 Å². The summed E-state index contributed by atoms with van der Waals surface area (Å²) < 4.78 is 0. The van der Waals surface area contributed by atoms with Crippen molar-refractivity contribution >= 4 is 0 Å². The van der Waals surface area contributed by atoms with Crippen LogP contribution in [0.1, 0.15) is 45.5 Å². The summed E-state index contributed by atoms with van der Waals surface area (Å²) in [7, 11) is 2.11. The summed E-state index contributed by atoms with van der Waals surface area (Å²) in [5, 5.41) is 7.86. The third-order valence-electron chi connectivity index (χ3n) is 2.15. The Balaban J connectivity index is 0.000000509. The fourth-order valence-electron chi connectivity index (χ4n) is 1.50. The molecule has 0 unspecified atom stereocenters. The fraction of sp³-hybridized carbons (Fsp3) is 0.750. The van der Waals surface area contributed by atoms with E-state index in [1.807, 2.05) is 27.7 Å². The Morgan fingerprint density at radius 2 is 1.81 bits per heavy atom. The van der Waals surface area contributed by atoms with Gasteiger partial charge in [0.2, 0.25) is 0 Å². The number of aryl methyl sites for hydroxylation is 1. The smallest absolute Gasteiger partial charge is 0.138 e. The minimum atomic E-state index is 0.908. The number of rotatable bonds is 0. The summed E-state index contributed by atoms with van der Waals surface area (Å²) in [6.07, 6.45) is 3.70. The Morgan fingerprint density at radius 3 is 2.50 bits per heavy atom. The molecule has 1 aliphatic heterocycles. The molecule has 2 heterocycles. The van der Waals surface area contributed by atoms with E-state index in [1.165, 1.54) is 6.33 Å². The summed E-state index contributed by atoms with van der Waals surface area (Å²) >= 11 is 0. The molecule has 0 amide bonds. The SMILES string of the molecule is CC.CC.CN1CCCc2nncnc2C1. The second kappa shape index (κ2) is 9.21. The molecule has 16 heavy (non-hydrogen) atoms. The van der Waals surface area contributed by atoms with Gasteiger partial charge in [0.05, 0.1) is 11.4 Å². The molecule has 0 saturated heterocycles. The Bertz CT molecular complexity index is 275. The van der Waals surface area contributed by atoms with Crippen LogP contribution in [0.25, 0.3) is 0 Å². The van der Waals surface area contributed by atoms with E-state index < -0.39 is 0 Å². The molecule has 0 radical (unpaired) electrons. The molecule has 0 atom stereocenters. The Hall–Kier alpha value is -1.03. The number of hydrogen-bond acceptors (Lipinski definition) is 4. The first-order chi connectivity index (χ1) is 7.86. The molecule has 0 fully saturated rings. The van der Waals surface area contributed by atoms with Gasteiger partial charge in [0, 0.05) is 6.54 Å².